The first-order chi connectivity index (χ1) is 15.0. The maximum atomic E-state index is 13.1. The van der Waals surface area contributed by atoms with Gasteiger partial charge in [-0.3, -0.25) is 0 Å². The Morgan fingerprint density at radius 3 is 2.29 bits per heavy atom. The van der Waals surface area contributed by atoms with E-state index in [2.05, 4.69) is 15.8 Å². The maximum Gasteiger partial charge on any atom is 0.171 e. The van der Waals surface area contributed by atoms with Crippen LogP contribution in [0.5, 0.6) is 0 Å². The van der Waals surface area contributed by atoms with E-state index in [1.807, 2.05) is 55.5 Å². The van der Waals surface area contributed by atoms with Crippen LogP contribution in [0.3, 0.4) is 0 Å². The SMILES string of the molecule is CC(NC(=S)Nc1ccc(-c2conc2-c2ccc(N)cc2)cc1)c1ccc(F)cc1. The molecular weight excluding hydrogens is 411 g/mol. The highest BCUT2D eigenvalue weighted by molar-refractivity contribution is 7.80. The fraction of sp³-hybridized carbons (Fsp3) is 0.0833. The van der Waals surface area contributed by atoms with Gasteiger partial charge in [0.05, 0.1) is 6.04 Å². The minimum atomic E-state index is -0.260. The van der Waals surface area contributed by atoms with E-state index in [1.54, 1.807) is 18.4 Å². The Kier molecular flexibility index (Phi) is 5.95. The van der Waals surface area contributed by atoms with Crippen molar-refractivity contribution < 1.29 is 8.91 Å². The molecule has 1 unspecified atom stereocenters. The first-order valence-electron chi connectivity index (χ1n) is 9.73. The largest absolute Gasteiger partial charge is 0.399 e. The minimum Gasteiger partial charge on any atom is -0.399 e. The summed E-state index contributed by atoms with van der Waals surface area (Å²) in [6.07, 6.45) is 1.63. The third-order valence-electron chi connectivity index (χ3n) is 4.93. The van der Waals surface area contributed by atoms with E-state index >= 15 is 0 Å². The van der Waals surface area contributed by atoms with Crippen molar-refractivity contribution >= 4 is 28.7 Å². The Morgan fingerprint density at radius 2 is 1.61 bits per heavy atom. The highest BCUT2D eigenvalue weighted by Crippen LogP contribution is 2.32. The summed E-state index contributed by atoms with van der Waals surface area (Å²) >= 11 is 5.41. The number of nitrogens with one attached hydrogen (secondary N) is 2. The topological polar surface area (TPSA) is 76.1 Å². The first-order valence-corrected chi connectivity index (χ1v) is 10.1. The molecule has 7 heteroatoms. The zero-order chi connectivity index (χ0) is 21.8. The number of nitrogen functional groups attached to an aromatic ring is 1. The molecule has 31 heavy (non-hydrogen) atoms. The quantitative estimate of drug-likeness (QED) is 0.274. The lowest BCUT2D eigenvalue weighted by molar-refractivity contribution is 0.422. The number of nitrogens with zero attached hydrogens (tertiary/aromatic N) is 1. The van der Waals surface area contributed by atoms with Crippen LogP contribution in [0.15, 0.2) is 83.6 Å². The number of halogens is 1. The second-order valence-corrected chi connectivity index (χ2v) is 7.56. The van der Waals surface area contributed by atoms with Gasteiger partial charge in [0, 0.05) is 22.5 Å². The number of aromatic nitrogens is 1. The molecule has 0 bridgehead atoms. The summed E-state index contributed by atoms with van der Waals surface area (Å²) < 4.78 is 18.3. The van der Waals surface area contributed by atoms with Gasteiger partial charge in [-0.15, -0.1) is 0 Å². The monoisotopic (exact) mass is 432 g/mol. The molecule has 156 valence electrons. The number of hydrogen-bond donors (Lipinski definition) is 3. The van der Waals surface area contributed by atoms with Gasteiger partial charge in [-0.25, -0.2) is 4.39 Å². The van der Waals surface area contributed by atoms with Crippen molar-refractivity contribution in [1.82, 2.24) is 10.5 Å². The molecule has 0 saturated carbocycles. The highest BCUT2D eigenvalue weighted by atomic mass is 32.1. The van der Waals surface area contributed by atoms with Crippen molar-refractivity contribution in [1.29, 1.82) is 0 Å². The number of nitrogens with two attached hydrogens (primary N) is 1. The fourth-order valence-electron chi connectivity index (χ4n) is 3.22. The van der Waals surface area contributed by atoms with Gasteiger partial charge in [0.2, 0.25) is 0 Å². The average Bonchev–Trinajstić information content (AvgIpc) is 3.25. The van der Waals surface area contributed by atoms with Crippen LogP contribution in [-0.2, 0) is 0 Å². The van der Waals surface area contributed by atoms with Gasteiger partial charge >= 0.3 is 0 Å². The Balaban J connectivity index is 1.43. The number of thiocarbonyl (C=S) groups is 1. The van der Waals surface area contributed by atoms with Crippen molar-refractivity contribution in [2.45, 2.75) is 13.0 Å². The third-order valence-corrected chi connectivity index (χ3v) is 5.15. The number of hydrogen-bond acceptors (Lipinski definition) is 4. The zero-order valence-corrected chi connectivity index (χ0v) is 17.6. The van der Waals surface area contributed by atoms with E-state index in [0.29, 0.717) is 10.8 Å². The standard InChI is InChI=1S/C24H21FN4OS/c1-15(16-2-8-19(25)9-3-16)27-24(31)28-21-12-6-17(7-13-21)22-14-30-29-23(22)18-4-10-20(26)11-5-18/h2-15H,26H2,1H3,(H2,27,28,31). The Bertz CT molecular complexity index is 1170. The molecule has 1 heterocycles. The van der Waals surface area contributed by atoms with E-state index in [0.717, 1.165) is 33.6 Å². The van der Waals surface area contributed by atoms with Gasteiger partial charge in [0.15, 0.2) is 5.11 Å². The van der Waals surface area contributed by atoms with Crippen LogP contribution < -0.4 is 16.4 Å². The molecule has 0 fully saturated rings. The summed E-state index contributed by atoms with van der Waals surface area (Å²) in [5.41, 5.74) is 11.8. The summed E-state index contributed by atoms with van der Waals surface area (Å²) in [5.74, 6) is -0.260. The Morgan fingerprint density at radius 1 is 0.968 bits per heavy atom. The van der Waals surface area contributed by atoms with Gasteiger partial charge < -0.3 is 20.9 Å². The molecule has 4 aromatic rings. The molecule has 5 nitrogen and oxygen atoms in total. The molecule has 0 aliphatic heterocycles. The third kappa shape index (κ3) is 4.90. The summed E-state index contributed by atoms with van der Waals surface area (Å²) in [6.45, 7) is 1.97. The molecule has 0 amide bonds. The predicted molar refractivity (Wildman–Crippen MR) is 126 cm³/mol. The summed E-state index contributed by atoms with van der Waals surface area (Å²) in [4.78, 5) is 0. The molecule has 0 radical (unpaired) electrons. The number of benzene rings is 3. The molecule has 1 aromatic heterocycles. The van der Waals surface area contributed by atoms with Crippen LogP contribution in [-0.4, -0.2) is 10.3 Å². The van der Waals surface area contributed by atoms with E-state index in [1.165, 1.54) is 12.1 Å². The second kappa shape index (κ2) is 8.97. The average molecular weight is 433 g/mol. The molecule has 0 aliphatic rings. The second-order valence-electron chi connectivity index (χ2n) is 7.15. The van der Waals surface area contributed by atoms with Crippen molar-refractivity contribution in [3.63, 3.8) is 0 Å². The lowest BCUT2D eigenvalue weighted by Gasteiger charge is -2.17. The van der Waals surface area contributed by atoms with Crippen LogP contribution in [0.2, 0.25) is 0 Å². The van der Waals surface area contributed by atoms with Gasteiger partial charge in [0.25, 0.3) is 0 Å². The van der Waals surface area contributed by atoms with Gasteiger partial charge in [-0.2, -0.15) is 0 Å². The van der Waals surface area contributed by atoms with E-state index in [4.69, 9.17) is 22.5 Å². The molecule has 0 spiro atoms. The number of rotatable bonds is 5. The first kappa shape index (κ1) is 20.6. The van der Waals surface area contributed by atoms with Gasteiger partial charge in [-0.05, 0) is 66.7 Å². The maximum absolute atomic E-state index is 13.1. The Labute approximate surface area is 185 Å². The summed E-state index contributed by atoms with van der Waals surface area (Å²) in [5, 5.41) is 11.0. The number of anilines is 2. The van der Waals surface area contributed by atoms with E-state index < -0.39 is 0 Å². The van der Waals surface area contributed by atoms with Crippen molar-refractivity contribution in [3.05, 3.63) is 90.4 Å². The minimum absolute atomic E-state index is 0.0562. The summed E-state index contributed by atoms with van der Waals surface area (Å²) in [6, 6.07) is 21.6. The van der Waals surface area contributed by atoms with Gasteiger partial charge in [-0.1, -0.05) is 41.6 Å². The van der Waals surface area contributed by atoms with Crippen LogP contribution in [0.25, 0.3) is 22.4 Å². The van der Waals surface area contributed by atoms with Crippen molar-refractivity contribution in [3.8, 4) is 22.4 Å². The Hall–Kier alpha value is -3.71. The van der Waals surface area contributed by atoms with Crippen molar-refractivity contribution in [2.75, 3.05) is 11.1 Å². The molecule has 3 aromatic carbocycles. The zero-order valence-electron chi connectivity index (χ0n) is 16.8. The van der Waals surface area contributed by atoms with E-state index in [-0.39, 0.29) is 11.9 Å². The van der Waals surface area contributed by atoms with Crippen LogP contribution >= 0.6 is 12.2 Å². The highest BCUT2D eigenvalue weighted by Gasteiger charge is 2.13. The molecule has 4 rings (SSSR count). The smallest absolute Gasteiger partial charge is 0.171 e. The van der Waals surface area contributed by atoms with Crippen molar-refractivity contribution in [2.24, 2.45) is 0 Å². The summed E-state index contributed by atoms with van der Waals surface area (Å²) in [7, 11) is 0. The normalized spacial score (nSPS) is 11.7. The molecular formula is C24H21FN4OS. The molecule has 4 N–H and O–H groups in total. The molecule has 1 atom stereocenters. The lowest BCUT2D eigenvalue weighted by Crippen LogP contribution is -2.30. The predicted octanol–water partition coefficient (Wildman–Crippen LogP) is 5.78. The van der Waals surface area contributed by atoms with Crippen LogP contribution in [0.1, 0.15) is 18.5 Å². The fourth-order valence-corrected chi connectivity index (χ4v) is 3.52. The molecule has 0 saturated heterocycles. The lowest BCUT2D eigenvalue weighted by atomic mass is 10.0. The van der Waals surface area contributed by atoms with Crippen LogP contribution in [0, 0.1) is 5.82 Å². The van der Waals surface area contributed by atoms with Crippen LogP contribution in [0.4, 0.5) is 15.8 Å². The van der Waals surface area contributed by atoms with Gasteiger partial charge in [0.1, 0.15) is 17.8 Å². The molecule has 0 aliphatic carbocycles. The van der Waals surface area contributed by atoms with E-state index in [9.17, 15) is 4.39 Å².